The summed E-state index contributed by atoms with van der Waals surface area (Å²) in [5.74, 6) is 2.03. The van der Waals surface area contributed by atoms with Crippen LogP contribution in [0.4, 0.5) is 0 Å². The molecule has 2 nitrogen and oxygen atoms in total. The van der Waals surface area contributed by atoms with Crippen molar-refractivity contribution in [1.82, 2.24) is 5.32 Å². The zero-order chi connectivity index (χ0) is 12.1. The van der Waals surface area contributed by atoms with Crippen LogP contribution in [0, 0.1) is 13.8 Å². The molecule has 0 aliphatic rings. The quantitative estimate of drug-likeness (QED) is 0.853. The summed E-state index contributed by atoms with van der Waals surface area (Å²) < 4.78 is 5.46. The zero-order valence-electron chi connectivity index (χ0n) is 10.8. The van der Waals surface area contributed by atoms with Crippen molar-refractivity contribution >= 4 is 11.8 Å². The van der Waals surface area contributed by atoms with E-state index < -0.39 is 0 Å². The van der Waals surface area contributed by atoms with Gasteiger partial charge in [-0.25, -0.2) is 0 Å². The lowest BCUT2D eigenvalue weighted by Gasteiger charge is -2.20. The van der Waals surface area contributed by atoms with Gasteiger partial charge in [-0.15, -0.1) is 0 Å². The monoisotopic (exact) mass is 239 g/mol. The van der Waals surface area contributed by atoms with Gasteiger partial charge in [-0.3, -0.25) is 0 Å². The van der Waals surface area contributed by atoms with Crippen LogP contribution in [0.5, 0.6) is 5.75 Å². The molecule has 0 saturated heterocycles. The van der Waals surface area contributed by atoms with Crippen LogP contribution in [0.3, 0.4) is 0 Å². The van der Waals surface area contributed by atoms with E-state index in [1.54, 1.807) is 7.11 Å². The van der Waals surface area contributed by atoms with E-state index in [1.807, 2.05) is 18.8 Å². The number of benzene rings is 1. The van der Waals surface area contributed by atoms with E-state index in [0.29, 0.717) is 6.04 Å². The Morgan fingerprint density at radius 2 is 1.94 bits per heavy atom. The highest BCUT2D eigenvalue weighted by molar-refractivity contribution is 7.98. The molecule has 90 valence electrons. The number of rotatable bonds is 5. The minimum absolute atomic E-state index is 0.351. The van der Waals surface area contributed by atoms with E-state index in [0.717, 1.165) is 11.5 Å². The van der Waals surface area contributed by atoms with Crippen LogP contribution < -0.4 is 10.1 Å². The topological polar surface area (TPSA) is 21.3 Å². The van der Waals surface area contributed by atoms with Gasteiger partial charge in [0, 0.05) is 17.4 Å². The van der Waals surface area contributed by atoms with Gasteiger partial charge >= 0.3 is 0 Å². The van der Waals surface area contributed by atoms with Crippen LogP contribution >= 0.6 is 11.8 Å². The number of nitrogens with one attached hydrogen (secondary N) is 1. The second-order valence-electron chi connectivity index (χ2n) is 3.98. The summed E-state index contributed by atoms with van der Waals surface area (Å²) >= 11 is 1.84. The molecule has 0 saturated carbocycles. The SMILES string of the molecule is CNC(CSC)c1cc(C)c(C)cc1OC. The maximum Gasteiger partial charge on any atom is 0.123 e. The summed E-state index contributed by atoms with van der Waals surface area (Å²) in [4.78, 5) is 0. The standard InChI is InChI=1S/C13H21NOS/c1-9-6-11(12(14-3)8-16-5)13(15-4)7-10(9)2/h6-7,12,14H,8H2,1-5H3. The highest BCUT2D eigenvalue weighted by atomic mass is 32.2. The first-order chi connectivity index (χ1) is 7.63. The molecule has 0 fully saturated rings. The van der Waals surface area contributed by atoms with Gasteiger partial charge < -0.3 is 10.1 Å². The Morgan fingerprint density at radius 1 is 1.31 bits per heavy atom. The van der Waals surface area contributed by atoms with Crippen LogP contribution in [0.2, 0.25) is 0 Å². The van der Waals surface area contributed by atoms with Crippen LogP contribution in [0.15, 0.2) is 12.1 Å². The molecule has 16 heavy (non-hydrogen) atoms. The highest BCUT2D eigenvalue weighted by Crippen LogP contribution is 2.29. The molecule has 0 spiro atoms. The Balaban J connectivity index is 3.13. The van der Waals surface area contributed by atoms with E-state index in [4.69, 9.17) is 4.74 Å². The highest BCUT2D eigenvalue weighted by Gasteiger charge is 2.15. The minimum Gasteiger partial charge on any atom is -0.496 e. The Labute approximate surface area is 103 Å². The van der Waals surface area contributed by atoms with Gasteiger partial charge in [0.05, 0.1) is 7.11 Å². The fourth-order valence-corrected chi connectivity index (χ4v) is 2.44. The fraction of sp³-hybridized carbons (Fsp3) is 0.538. The number of aryl methyl sites for hydroxylation is 2. The van der Waals surface area contributed by atoms with Crippen molar-refractivity contribution in [2.24, 2.45) is 0 Å². The Bertz CT molecular complexity index is 352. The molecule has 1 rings (SSSR count). The molecule has 1 aromatic rings. The number of hydrogen-bond acceptors (Lipinski definition) is 3. The van der Waals surface area contributed by atoms with Crippen molar-refractivity contribution < 1.29 is 4.74 Å². The number of ether oxygens (including phenoxy) is 1. The van der Waals surface area contributed by atoms with Gasteiger partial charge in [-0.2, -0.15) is 11.8 Å². The average Bonchev–Trinajstić information content (AvgIpc) is 2.29. The van der Waals surface area contributed by atoms with Crippen molar-refractivity contribution in [3.8, 4) is 5.75 Å². The average molecular weight is 239 g/mol. The zero-order valence-corrected chi connectivity index (χ0v) is 11.6. The second kappa shape index (κ2) is 6.16. The van der Waals surface area contributed by atoms with E-state index in [-0.39, 0.29) is 0 Å². The predicted octanol–water partition coefficient (Wildman–Crippen LogP) is 2.94. The minimum atomic E-state index is 0.351. The third kappa shape index (κ3) is 2.92. The van der Waals surface area contributed by atoms with Crippen molar-refractivity contribution in [3.05, 3.63) is 28.8 Å². The van der Waals surface area contributed by atoms with Crippen molar-refractivity contribution in [2.45, 2.75) is 19.9 Å². The number of hydrogen-bond donors (Lipinski definition) is 1. The summed E-state index contributed by atoms with van der Waals surface area (Å²) in [6, 6.07) is 4.70. The Hall–Kier alpha value is -0.670. The van der Waals surface area contributed by atoms with Crippen LogP contribution in [-0.4, -0.2) is 26.2 Å². The lowest BCUT2D eigenvalue weighted by molar-refractivity contribution is 0.403. The van der Waals surface area contributed by atoms with Gasteiger partial charge in [0.2, 0.25) is 0 Å². The summed E-state index contributed by atoms with van der Waals surface area (Å²) in [6.45, 7) is 4.26. The largest absolute Gasteiger partial charge is 0.496 e. The van der Waals surface area contributed by atoms with E-state index in [1.165, 1.54) is 16.7 Å². The smallest absolute Gasteiger partial charge is 0.123 e. The van der Waals surface area contributed by atoms with Gasteiger partial charge in [-0.05, 0) is 44.3 Å². The first kappa shape index (κ1) is 13.4. The molecule has 3 heteroatoms. The Morgan fingerprint density at radius 3 is 2.44 bits per heavy atom. The van der Waals surface area contributed by atoms with Crippen molar-refractivity contribution in [2.75, 3.05) is 26.2 Å². The third-order valence-corrected chi connectivity index (χ3v) is 3.57. The summed E-state index contributed by atoms with van der Waals surface area (Å²) in [5.41, 5.74) is 3.85. The number of thioether (sulfide) groups is 1. The molecule has 0 amide bonds. The lowest BCUT2D eigenvalue weighted by Crippen LogP contribution is -2.19. The molecule has 0 aliphatic heterocycles. The van der Waals surface area contributed by atoms with Crippen LogP contribution in [-0.2, 0) is 0 Å². The maximum absolute atomic E-state index is 5.46. The molecule has 1 N–H and O–H groups in total. The molecule has 0 aromatic heterocycles. The molecule has 0 aliphatic carbocycles. The molecular weight excluding hydrogens is 218 g/mol. The van der Waals surface area contributed by atoms with Gasteiger partial charge in [0.15, 0.2) is 0 Å². The first-order valence-electron chi connectivity index (χ1n) is 5.45. The van der Waals surface area contributed by atoms with E-state index in [2.05, 4.69) is 37.6 Å². The number of methoxy groups -OCH3 is 1. The van der Waals surface area contributed by atoms with Gasteiger partial charge in [0.25, 0.3) is 0 Å². The van der Waals surface area contributed by atoms with Gasteiger partial charge in [0.1, 0.15) is 5.75 Å². The Kier molecular flexibility index (Phi) is 5.16. The summed E-state index contributed by atoms with van der Waals surface area (Å²) in [7, 11) is 3.73. The normalized spacial score (nSPS) is 12.6. The predicted molar refractivity (Wildman–Crippen MR) is 72.7 cm³/mol. The van der Waals surface area contributed by atoms with Crippen LogP contribution in [0.25, 0.3) is 0 Å². The molecular formula is C13H21NOS. The fourth-order valence-electron chi connectivity index (χ4n) is 1.76. The maximum atomic E-state index is 5.46. The molecule has 0 bridgehead atoms. The molecule has 1 atom stereocenters. The van der Waals surface area contributed by atoms with Crippen molar-refractivity contribution in [1.29, 1.82) is 0 Å². The molecule has 0 radical (unpaired) electrons. The molecule has 1 aromatic carbocycles. The molecule has 1 unspecified atom stereocenters. The van der Waals surface area contributed by atoms with E-state index in [9.17, 15) is 0 Å². The summed E-state index contributed by atoms with van der Waals surface area (Å²) in [5, 5.41) is 3.34. The second-order valence-corrected chi connectivity index (χ2v) is 4.89. The summed E-state index contributed by atoms with van der Waals surface area (Å²) in [6.07, 6.45) is 2.12. The lowest BCUT2D eigenvalue weighted by atomic mass is 10.0. The van der Waals surface area contributed by atoms with Gasteiger partial charge in [-0.1, -0.05) is 6.07 Å². The third-order valence-electron chi connectivity index (χ3n) is 2.90. The molecule has 0 heterocycles. The van der Waals surface area contributed by atoms with E-state index >= 15 is 0 Å². The van der Waals surface area contributed by atoms with Crippen LogP contribution in [0.1, 0.15) is 22.7 Å². The first-order valence-corrected chi connectivity index (χ1v) is 6.84. The van der Waals surface area contributed by atoms with Crippen molar-refractivity contribution in [3.63, 3.8) is 0 Å².